The Hall–Kier alpha value is -0.810. The Balaban J connectivity index is 2.23. The van der Waals surface area contributed by atoms with Crippen molar-refractivity contribution in [1.29, 1.82) is 0 Å². The molecule has 5 nitrogen and oxygen atoms in total. The summed E-state index contributed by atoms with van der Waals surface area (Å²) in [5.41, 5.74) is 5.89. The van der Waals surface area contributed by atoms with E-state index in [1.807, 2.05) is 0 Å². The molecule has 0 bridgehead atoms. The van der Waals surface area contributed by atoms with Gasteiger partial charge in [0, 0.05) is 45.3 Å². The van der Waals surface area contributed by atoms with Crippen molar-refractivity contribution in [3.8, 4) is 0 Å². The van der Waals surface area contributed by atoms with Crippen LogP contribution >= 0.6 is 0 Å². The van der Waals surface area contributed by atoms with Gasteiger partial charge >= 0.3 is 0 Å². The minimum atomic E-state index is 0.399. The van der Waals surface area contributed by atoms with E-state index in [-0.39, 0.29) is 0 Å². The second-order valence-corrected chi connectivity index (χ2v) is 6.02. The monoisotopic (exact) mass is 283 g/mol. The first-order valence-electron chi connectivity index (χ1n) is 8.06. The molecule has 0 aliphatic carbocycles. The van der Waals surface area contributed by atoms with Crippen molar-refractivity contribution in [2.24, 2.45) is 16.6 Å². The molecule has 5 heteroatoms. The summed E-state index contributed by atoms with van der Waals surface area (Å²) in [6, 6.07) is 0.399. The molecule has 0 aromatic carbocycles. The Morgan fingerprint density at radius 1 is 1.15 bits per heavy atom. The van der Waals surface area contributed by atoms with Crippen LogP contribution in [-0.2, 0) is 0 Å². The van der Waals surface area contributed by atoms with E-state index < -0.39 is 0 Å². The summed E-state index contributed by atoms with van der Waals surface area (Å²) < 4.78 is 0. The van der Waals surface area contributed by atoms with E-state index in [1.165, 1.54) is 32.7 Å². The van der Waals surface area contributed by atoms with Gasteiger partial charge in [-0.1, -0.05) is 20.8 Å². The summed E-state index contributed by atoms with van der Waals surface area (Å²) in [7, 11) is 0. The summed E-state index contributed by atoms with van der Waals surface area (Å²) in [5, 5.41) is 3.21. The quantitative estimate of drug-likeness (QED) is 0.540. The number of hydrogen-bond donors (Lipinski definition) is 2. The van der Waals surface area contributed by atoms with Crippen LogP contribution in [0, 0.1) is 5.92 Å². The lowest BCUT2D eigenvalue weighted by Gasteiger charge is -2.35. The zero-order valence-corrected chi connectivity index (χ0v) is 13.7. The van der Waals surface area contributed by atoms with Gasteiger partial charge < -0.3 is 20.9 Å². The lowest BCUT2D eigenvalue weighted by atomic mass is 10.1. The van der Waals surface area contributed by atoms with E-state index in [0.29, 0.717) is 17.9 Å². The number of nitrogens with zero attached hydrogens (tertiary/aromatic N) is 3. The number of hydrogen-bond acceptors (Lipinski definition) is 3. The van der Waals surface area contributed by atoms with Gasteiger partial charge in [-0.05, 0) is 25.8 Å². The molecule has 2 unspecified atom stereocenters. The molecular weight excluding hydrogens is 250 g/mol. The van der Waals surface area contributed by atoms with E-state index in [0.717, 1.165) is 19.5 Å². The number of rotatable bonds is 7. The average molecular weight is 283 g/mol. The van der Waals surface area contributed by atoms with Crippen molar-refractivity contribution >= 4 is 5.96 Å². The zero-order chi connectivity index (χ0) is 15.0. The third-order valence-corrected chi connectivity index (χ3v) is 4.06. The summed E-state index contributed by atoms with van der Waals surface area (Å²) in [6.45, 7) is 16.6. The molecule has 0 aromatic rings. The molecule has 118 valence electrons. The smallest absolute Gasteiger partial charge is 0.188 e. The van der Waals surface area contributed by atoms with E-state index in [2.05, 4.69) is 47.8 Å². The molecule has 0 aromatic heterocycles. The highest BCUT2D eigenvalue weighted by atomic mass is 15.3. The molecule has 1 rings (SSSR count). The van der Waals surface area contributed by atoms with Gasteiger partial charge in [-0.3, -0.25) is 4.99 Å². The molecule has 0 spiro atoms. The maximum Gasteiger partial charge on any atom is 0.188 e. The lowest BCUT2D eigenvalue weighted by Crippen LogP contribution is -2.47. The largest absolute Gasteiger partial charge is 0.370 e. The van der Waals surface area contributed by atoms with Crippen LogP contribution in [0.2, 0.25) is 0 Å². The number of nitrogens with one attached hydrogen (secondary N) is 1. The predicted octanol–water partition coefficient (Wildman–Crippen LogP) is 0.963. The molecule has 20 heavy (non-hydrogen) atoms. The molecule has 0 saturated carbocycles. The number of likely N-dealkylation sites (N-methyl/N-ethyl adjacent to an activating group) is 1. The highest BCUT2D eigenvalue weighted by Gasteiger charge is 2.17. The van der Waals surface area contributed by atoms with Gasteiger partial charge in [0.15, 0.2) is 5.96 Å². The fourth-order valence-electron chi connectivity index (χ4n) is 2.44. The molecule has 1 fully saturated rings. The predicted molar refractivity (Wildman–Crippen MR) is 87.1 cm³/mol. The molecule has 0 radical (unpaired) electrons. The highest BCUT2D eigenvalue weighted by molar-refractivity contribution is 5.78. The van der Waals surface area contributed by atoms with Crippen LogP contribution in [0.3, 0.4) is 0 Å². The van der Waals surface area contributed by atoms with Crippen molar-refractivity contribution < 1.29 is 0 Å². The van der Waals surface area contributed by atoms with Gasteiger partial charge in [-0.25, -0.2) is 0 Å². The third kappa shape index (κ3) is 6.57. The Kier molecular flexibility index (Phi) is 7.92. The Bertz CT molecular complexity index is 284. The van der Waals surface area contributed by atoms with Crippen LogP contribution in [0.15, 0.2) is 4.99 Å². The van der Waals surface area contributed by atoms with Crippen LogP contribution in [0.5, 0.6) is 0 Å². The SMILES string of the molecule is CCC(C)NC(N)=NCC(C)CN1CCN(CC)CC1. The summed E-state index contributed by atoms with van der Waals surface area (Å²) >= 11 is 0. The molecular formula is C15H33N5. The average Bonchev–Trinajstić information content (AvgIpc) is 2.45. The number of piperazine rings is 1. The summed E-state index contributed by atoms with van der Waals surface area (Å²) in [5.74, 6) is 1.14. The van der Waals surface area contributed by atoms with E-state index in [4.69, 9.17) is 5.73 Å². The highest BCUT2D eigenvalue weighted by Crippen LogP contribution is 2.06. The normalized spacial score (nSPS) is 21.7. The van der Waals surface area contributed by atoms with Crippen LogP contribution < -0.4 is 11.1 Å². The standard InChI is InChI=1S/C15H33N5/c1-5-14(4)18-15(16)17-11-13(3)12-20-9-7-19(6-2)8-10-20/h13-14H,5-12H2,1-4H3,(H3,16,17,18). The van der Waals surface area contributed by atoms with Crippen LogP contribution in [-0.4, -0.2) is 67.6 Å². The first-order valence-corrected chi connectivity index (χ1v) is 8.06. The van der Waals surface area contributed by atoms with E-state index >= 15 is 0 Å². The number of aliphatic imine (C=N–C) groups is 1. The Morgan fingerprint density at radius 2 is 1.75 bits per heavy atom. The zero-order valence-electron chi connectivity index (χ0n) is 13.7. The van der Waals surface area contributed by atoms with Gasteiger partial charge in [-0.2, -0.15) is 0 Å². The lowest BCUT2D eigenvalue weighted by molar-refractivity contribution is 0.125. The maximum atomic E-state index is 5.89. The molecule has 3 N–H and O–H groups in total. The summed E-state index contributed by atoms with van der Waals surface area (Å²) in [6.07, 6.45) is 1.06. The topological polar surface area (TPSA) is 56.9 Å². The van der Waals surface area contributed by atoms with E-state index in [9.17, 15) is 0 Å². The first-order chi connectivity index (χ1) is 9.55. The van der Waals surface area contributed by atoms with Gasteiger partial charge in [0.25, 0.3) is 0 Å². The van der Waals surface area contributed by atoms with Gasteiger partial charge in [-0.15, -0.1) is 0 Å². The maximum absolute atomic E-state index is 5.89. The van der Waals surface area contributed by atoms with Crippen LogP contribution in [0.25, 0.3) is 0 Å². The fourth-order valence-corrected chi connectivity index (χ4v) is 2.44. The molecule has 1 aliphatic heterocycles. The minimum Gasteiger partial charge on any atom is -0.370 e. The van der Waals surface area contributed by atoms with Crippen molar-refractivity contribution in [1.82, 2.24) is 15.1 Å². The molecule has 1 saturated heterocycles. The Morgan fingerprint density at radius 3 is 2.30 bits per heavy atom. The molecule has 0 amide bonds. The van der Waals surface area contributed by atoms with Gasteiger partial charge in [0.2, 0.25) is 0 Å². The van der Waals surface area contributed by atoms with Crippen molar-refractivity contribution in [2.45, 2.75) is 40.2 Å². The summed E-state index contributed by atoms with van der Waals surface area (Å²) in [4.78, 5) is 9.51. The first kappa shape index (κ1) is 17.2. The minimum absolute atomic E-state index is 0.399. The molecule has 1 heterocycles. The van der Waals surface area contributed by atoms with Crippen LogP contribution in [0.4, 0.5) is 0 Å². The Labute approximate surface area is 124 Å². The fraction of sp³-hybridized carbons (Fsp3) is 0.933. The van der Waals surface area contributed by atoms with Gasteiger partial charge in [0.1, 0.15) is 0 Å². The van der Waals surface area contributed by atoms with Gasteiger partial charge in [0.05, 0.1) is 0 Å². The molecule has 1 aliphatic rings. The van der Waals surface area contributed by atoms with Crippen molar-refractivity contribution in [3.63, 3.8) is 0 Å². The third-order valence-electron chi connectivity index (χ3n) is 4.06. The van der Waals surface area contributed by atoms with Crippen molar-refractivity contribution in [3.05, 3.63) is 0 Å². The second-order valence-electron chi connectivity index (χ2n) is 6.02. The van der Waals surface area contributed by atoms with Crippen molar-refractivity contribution in [2.75, 3.05) is 45.8 Å². The number of nitrogens with two attached hydrogens (primary N) is 1. The van der Waals surface area contributed by atoms with E-state index in [1.54, 1.807) is 0 Å². The number of guanidine groups is 1. The van der Waals surface area contributed by atoms with Crippen LogP contribution in [0.1, 0.15) is 34.1 Å². The second kappa shape index (κ2) is 9.19. The molecule has 2 atom stereocenters.